The van der Waals surface area contributed by atoms with Gasteiger partial charge in [0.05, 0.1) is 5.71 Å². The Labute approximate surface area is 400 Å². The number of hydrogen-bond acceptors (Lipinski definition) is 4. The van der Waals surface area contributed by atoms with Crippen molar-refractivity contribution in [1.82, 2.24) is 10.4 Å². The fourth-order valence-corrected chi connectivity index (χ4v) is 10.8. The van der Waals surface area contributed by atoms with Crippen LogP contribution in [-0.4, -0.2) is 16.4 Å². The molecule has 4 heteroatoms. The van der Waals surface area contributed by atoms with Crippen molar-refractivity contribution >= 4 is 87.2 Å². The molecule has 0 radical (unpaired) electrons. The lowest BCUT2D eigenvalue weighted by atomic mass is 9.84. The normalized spacial score (nSPS) is 14.5. The third-order valence-electron chi connectivity index (χ3n) is 14.1. The standard InChI is InChI=1S/C65H44N4/c66-60-39-47(30-34-61(60)69-68-51-31-27-43(28-32-51)62-52-17-5-9-21-56(52)65(50-16-11-35-67-40-50)57-22-10-6-18-53(57)62)46-29-33-58-59(38-46)64(49-26-24-42-13-2-4-15-45(42)37-49)55-20-8-7-19-54(55)63(58)48-25-23-41-12-1-3-14-44(41)36-48/h1-27,29-31,33-40,66,68H,28,32H2/b66-60?,69-61-. The van der Waals surface area contributed by atoms with E-state index in [2.05, 4.69) is 211 Å². The third-order valence-corrected chi connectivity index (χ3v) is 14.1. The average Bonchev–Trinajstić information content (AvgIpc) is 3.41. The molecule has 0 saturated heterocycles. The molecule has 0 aliphatic heterocycles. The second-order valence-electron chi connectivity index (χ2n) is 18.1. The molecule has 0 atom stereocenters. The predicted molar refractivity (Wildman–Crippen MR) is 293 cm³/mol. The van der Waals surface area contributed by atoms with Gasteiger partial charge < -0.3 is 0 Å². The van der Waals surface area contributed by atoms with Gasteiger partial charge in [-0.15, -0.1) is 0 Å². The van der Waals surface area contributed by atoms with Crippen molar-refractivity contribution in [3.05, 3.63) is 248 Å². The van der Waals surface area contributed by atoms with E-state index in [1.165, 1.54) is 104 Å². The van der Waals surface area contributed by atoms with Gasteiger partial charge in [0.1, 0.15) is 5.71 Å². The highest BCUT2D eigenvalue weighted by Gasteiger charge is 2.22. The van der Waals surface area contributed by atoms with Crippen LogP contribution in [0.3, 0.4) is 0 Å². The molecule has 324 valence electrons. The summed E-state index contributed by atoms with van der Waals surface area (Å²) in [5.74, 6) is 0. The fraction of sp³-hybridized carbons (Fsp3) is 0.0308. The zero-order valence-electron chi connectivity index (χ0n) is 37.7. The Kier molecular flexibility index (Phi) is 9.76. The van der Waals surface area contributed by atoms with E-state index in [0.717, 1.165) is 35.2 Å². The van der Waals surface area contributed by atoms with E-state index in [0.29, 0.717) is 11.4 Å². The Morgan fingerprint density at radius 3 is 1.49 bits per heavy atom. The summed E-state index contributed by atoms with van der Waals surface area (Å²) in [6, 6.07) is 68.1. The van der Waals surface area contributed by atoms with E-state index >= 15 is 0 Å². The number of nitrogens with zero attached hydrogens (tertiary/aromatic N) is 2. The van der Waals surface area contributed by atoms with E-state index < -0.39 is 0 Å². The van der Waals surface area contributed by atoms with Crippen LogP contribution in [0, 0.1) is 5.41 Å². The molecule has 2 aliphatic rings. The molecular weight excluding hydrogens is 837 g/mol. The quantitative estimate of drug-likeness (QED) is 0.0952. The summed E-state index contributed by atoms with van der Waals surface area (Å²) in [4.78, 5) is 4.47. The lowest BCUT2D eigenvalue weighted by Crippen LogP contribution is -2.17. The smallest absolute Gasteiger partial charge is 0.108 e. The number of benzene rings is 10. The van der Waals surface area contributed by atoms with Gasteiger partial charge in [0.2, 0.25) is 0 Å². The molecule has 0 unspecified atom stereocenters. The Hall–Kier alpha value is -8.99. The minimum Gasteiger partial charge on any atom is -0.299 e. The van der Waals surface area contributed by atoms with Gasteiger partial charge in [-0.2, -0.15) is 5.10 Å². The fourth-order valence-electron chi connectivity index (χ4n) is 10.8. The number of hydrazone groups is 1. The molecule has 13 rings (SSSR count). The molecule has 69 heavy (non-hydrogen) atoms. The number of aromatic nitrogens is 1. The lowest BCUT2D eigenvalue weighted by molar-refractivity contribution is 0.799. The largest absolute Gasteiger partial charge is 0.299 e. The van der Waals surface area contributed by atoms with Crippen LogP contribution in [0.5, 0.6) is 0 Å². The van der Waals surface area contributed by atoms with Crippen LogP contribution >= 0.6 is 0 Å². The molecule has 2 N–H and O–H groups in total. The molecular formula is C65H44N4. The Balaban J connectivity index is 0.850. The summed E-state index contributed by atoms with van der Waals surface area (Å²) in [6.45, 7) is 0. The second-order valence-corrected chi connectivity index (χ2v) is 18.1. The topological polar surface area (TPSA) is 61.1 Å². The van der Waals surface area contributed by atoms with Crippen molar-refractivity contribution in [2.45, 2.75) is 12.8 Å². The Bertz CT molecular complexity index is 4050. The zero-order chi connectivity index (χ0) is 45.8. The van der Waals surface area contributed by atoms with Crippen LogP contribution in [0.25, 0.3) is 109 Å². The van der Waals surface area contributed by atoms with Gasteiger partial charge in [0, 0.05) is 23.7 Å². The van der Waals surface area contributed by atoms with Crippen molar-refractivity contribution in [2.75, 3.05) is 0 Å². The van der Waals surface area contributed by atoms with E-state index in [4.69, 9.17) is 5.10 Å². The third kappa shape index (κ3) is 7.04. The number of pyridine rings is 1. The van der Waals surface area contributed by atoms with Gasteiger partial charge in [-0.1, -0.05) is 176 Å². The highest BCUT2D eigenvalue weighted by Crippen LogP contribution is 2.46. The first-order chi connectivity index (χ1) is 34.1. The molecule has 11 aromatic rings. The molecule has 10 aromatic carbocycles. The van der Waals surface area contributed by atoms with Crippen LogP contribution in [0.4, 0.5) is 0 Å². The second kappa shape index (κ2) is 16.7. The Morgan fingerprint density at radius 2 is 0.942 bits per heavy atom. The van der Waals surface area contributed by atoms with Crippen LogP contribution in [0.2, 0.25) is 0 Å². The van der Waals surface area contributed by atoms with E-state index in [1.807, 2.05) is 30.6 Å². The molecule has 0 spiro atoms. The minimum absolute atomic E-state index is 0.365. The minimum atomic E-state index is 0.365. The van der Waals surface area contributed by atoms with E-state index in [9.17, 15) is 5.41 Å². The van der Waals surface area contributed by atoms with Crippen molar-refractivity contribution in [2.24, 2.45) is 5.10 Å². The first-order valence-electron chi connectivity index (χ1n) is 23.7. The highest BCUT2D eigenvalue weighted by atomic mass is 15.3. The molecule has 1 heterocycles. The van der Waals surface area contributed by atoms with Crippen LogP contribution in [-0.2, 0) is 0 Å². The van der Waals surface area contributed by atoms with Crippen LogP contribution in [0.15, 0.2) is 242 Å². The maximum atomic E-state index is 9.22. The van der Waals surface area contributed by atoms with Gasteiger partial charge in [0.25, 0.3) is 0 Å². The lowest BCUT2D eigenvalue weighted by Gasteiger charge is -2.21. The van der Waals surface area contributed by atoms with Crippen molar-refractivity contribution in [3.63, 3.8) is 0 Å². The zero-order valence-corrected chi connectivity index (χ0v) is 37.7. The molecule has 0 saturated carbocycles. The van der Waals surface area contributed by atoms with Crippen molar-refractivity contribution < 1.29 is 0 Å². The maximum absolute atomic E-state index is 9.22. The summed E-state index contributed by atoms with van der Waals surface area (Å²) >= 11 is 0. The monoisotopic (exact) mass is 880 g/mol. The molecule has 0 fully saturated rings. The van der Waals surface area contributed by atoms with Crippen molar-refractivity contribution in [1.29, 1.82) is 5.41 Å². The number of allylic oxidation sites excluding steroid dienone is 8. The summed E-state index contributed by atoms with van der Waals surface area (Å²) in [6.07, 6.45) is 15.9. The summed E-state index contributed by atoms with van der Waals surface area (Å²) < 4.78 is 0. The SMILES string of the molecule is N=C1C=C(c2ccc3c(-c4ccc5ccccc5c4)c4ccccc4c(-c4ccc5ccccc5c4)c3c2)C=C/C1=N/NC1=CC=C(c2c3ccccc3c(-c3cccnc3)c3ccccc23)CC1. The number of hydrogen-bond donors (Lipinski definition) is 2. The molecule has 1 aromatic heterocycles. The molecule has 4 nitrogen and oxygen atoms in total. The Morgan fingerprint density at radius 1 is 0.420 bits per heavy atom. The summed E-state index contributed by atoms with van der Waals surface area (Å²) in [7, 11) is 0. The van der Waals surface area contributed by atoms with Crippen molar-refractivity contribution in [3.8, 4) is 33.4 Å². The van der Waals surface area contributed by atoms with E-state index in [-0.39, 0.29) is 0 Å². The first-order valence-corrected chi connectivity index (χ1v) is 23.7. The average molecular weight is 881 g/mol. The summed E-state index contributed by atoms with van der Waals surface area (Å²) in [5, 5.41) is 28.6. The number of rotatable bonds is 7. The number of fused-ring (bicyclic) bond motifs is 6. The van der Waals surface area contributed by atoms with Gasteiger partial charge in [-0.3, -0.25) is 15.8 Å². The maximum Gasteiger partial charge on any atom is 0.108 e. The van der Waals surface area contributed by atoms with Gasteiger partial charge in [-0.25, -0.2) is 0 Å². The van der Waals surface area contributed by atoms with Gasteiger partial charge in [0.15, 0.2) is 0 Å². The number of nitrogens with one attached hydrogen (secondary N) is 2. The van der Waals surface area contributed by atoms with Gasteiger partial charge >= 0.3 is 0 Å². The first kappa shape index (κ1) is 40.3. The predicted octanol–water partition coefficient (Wildman–Crippen LogP) is 16.7. The molecule has 0 bridgehead atoms. The molecule has 0 amide bonds. The van der Waals surface area contributed by atoms with E-state index in [1.54, 1.807) is 0 Å². The van der Waals surface area contributed by atoms with Gasteiger partial charge in [-0.05, 0) is 170 Å². The summed E-state index contributed by atoms with van der Waals surface area (Å²) in [5.41, 5.74) is 17.1. The highest BCUT2D eigenvalue weighted by molar-refractivity contribution is 6.51. The van der Waals surface area contributed by atoms with Crippen LogP contribution < -0.4 is 5.43 Å². The molecule has 2 aliphatic carbocycles. The van der Waals surface area contributed by atoms with Crippen LogP contribution in [0.1, 0.15) is 24.0 Å².